The van der Waals surface area contributed by atoms with E-state index in [0.29, 0.717) is 5.75 Å². The van der Waals surface area contributed by atoms with Crippen molar-refractivity contribution in [3.63, 3.8) is 0 Å². The number of amides is 1. The van der Waals surface area contributed by atoms with Crippen molar-refractivity contribution in [3.05, 3.63) is 39.7 Å². The number of nitrogens with zero attached hydrogens (tertiary/aromatic N) is 3. The maximum Gasteiger partial charge on any atom is 0.388 e. The first-order chi connectivity index (χ1) is 12.0. The largest absolute Gasteiger partial charge is 0.452 e. The topological polar surface area (TPSA) is 129 Å². The predicted octanol–water partition coefficient (Wildman–Crippen LogP) is 2.46. The van der Waals surface area contributed by atoms with Crippen molar-refractivity contribution in [2.45, 2.75) is 0 Å². The number of hydrogen-bond donors (Lipinski definition) is 2. The van der Waals surface area contributed by atoms with Crippen LogP contribution in [-0.4, -0.2) is 41.6 Å². The van der Waals surface area contributed by atoms with Gasteiger partial charge in [-0.25, -0.2) is 4.98 Å². The van der Waals surface area contributed by atoms with E-state index in [1.165, 1.54) is 32.5 Å². The van der Waals surface area contributed by atoms with Crippen molar-refractivity contribution < 1.29 is 19.2 Å². The molecule has 25 heavy (non-hydrogen) atoms. The third kappa shape index (κ3) is 4.52. The van der Waals surface area contributed by atoms with Crippen LogP contribution >= 0.6 is 11.6 Å². The zero-order chi connectivity index (χ0) is 18.4. The molecule has 1 amide bonds. The molecule has 0 fully saturated rings. The van der Waals surface area contributed by atoms with E-state index in [2.05, 4.69) is 20.6 Å². The summed E-state index contributed by atoms with van der Waals surface area (Å²) in [5.74, 6) is -0.125. The van der Waals surface area contributed by atoms with E-state index >= 15 is 0 Å². The molecular weight excluding hydrogens is 354 g/mol. The van der Waals surface area contributed by atoms with Crippen LogP contribution in [0.15, 0.2) is 24.5 Å². The van der Waals surface area contributed by atoms with E-state index in [1.54, 1.807) is 0 Å². The zero-order valence-electron chi connectivity index (χ0n) is 13.3. The van der Waals surface area contributed by atoms with Crippen LogP contribution < -0.4 is 15.4 Å². The number of nitro groups is 1. The van der Waals surface area contributed by atoms with E-state index in [1.807, 2.05) is 0 Å². The summed E-state index contributed by atoms with van der Waals surface area (Å²) in [5.41, 5.74) is 0.0341. The van der Waals surface area contributed by atoms with Gasteiger partial charge in [0, 0.05) is 26.4 Å². The lowest BCUT2D eigenvalue weighted by molar-refractivity contribution is -0.388. The van der Waals surface area contributed by atoms with Crippen LogP contribution in [-0.2, 0) is 9.53 Å². The predicted molar refractivity (Wildman–Crippen MR) is 90.3 cm³/mol. The third-order valence-corrected chi connectivity index (χ3v) is 3.26. The fraction of sp³-hybridized carbons (Fsp3) is 0.214. The van der Waals surface area contributed by atoms with Gasteiger partial charge in [0.25, 0.3) is 5.91 Å². The normalized spacial score (nSPS) is 10.2. The minimum Gasteiger partial charge on any atom is -0.452 e. The van der Waals surface area contributed by atoms with Crippen LogP contribution in [0.3, 0.4) is 0 Å². The summed E-state index contributed by atoms with van der Waals surface area (Å²) in [6.45, 7) is -0.115. The van der Waals surface area contributed by atoms with Crippen molar-refractivity contribution in [1.82, 2.24) is 9.97 Å². The molecule has 2 heterocycles. The summed E-state index contributed by atoms with van der Waals surface area (Å²) in [7, 11) is 2.88. The molecule has 0 bridgehead atoms. The number of carbonyl (C=O) groups excluding carboxylic acids is 1. The molecule has 0 unspecified atom stereocenters. The number of carbonyl (C=O) groups is 1. The van der Waals surface area contributed by atoms with Gasteiger partial charge in [0.15, 0.2) is 17.6 Å². The van der Waals surface area contributed by atoms with Crippen molar-refractivity contribution in [3.8, 4) is 11.5 Å². The third-order valence-electron chi connectivity index (χ3n) is 2.89. The van der Waals surface area contributed by atoms with Gasteiger partial charge in [-0.1, -0.05) is 11.6 Å². The number of aromatic nitrogens is 2. The molecule has 2 rings (SSSR count). The highest BCUT2D eigenvalue weighted by atomic mass is 35.5. The smallest absolute Gasteiger partial charge is 0.388 e. The molecule has 0 saturated carbocycles. The first kappa shape index (κ1) is 18.4. The van der Waals surface area contributed by atoms with Crippen LogP contribution in [0, 0.1) is 10.1 Å². The van der Waals surface area contributed by atoms with Crippen LogP contribution in [0.2, 0.25) is 5.02 Å². The number of nitrogens with one attached hydrogen (secondary N) is 2. The number of rotatable bonds is 7. The summed E-state index contributed by atoms with van der Waals surface area (Å²) in [6, 6.07) is 2.99. The molecule has 11 heteroatoms. The summed E-state index contributed by atoms with van der Waals surface area (Å²) in [6.07, 6.45) is 2.56. The van der Waals surface area contributed by atoms with Gasteiger partial charge in [0.2, 0.25) is 0 Å². The molecule has 2 N–H and O–H groups in total. The van der Waals surface area contributed by atoms with E-state index in [9.17, 15) is 14.9 Å². The first-order valence-electron chi connectivity index (χ1n) is 6.89. The Bertz CT molecular complexity index is 801. The van der Waals surface area contributed by atoms with Crippen LogP contribution in [0.4, 0.5) is 17.3 Å². The SMILES string of the molecule is CNc1c([N+](=O)[O-])ncc(Oc2ccnc(NC(=O)COC)c2)c1Cl. The molecular formula is C14H14ClN5O5. The molecule has 132 valence electrons. The summed E-state index contributed by atoms with van der Waals surface area (Å²) in [4.78, 5) is 29.5. The molecule has 0 aliphatic carbocycles. The second kappa shape index (κ2) is 8.22. The average Bonchev–Trinajstić information content (AvgIpc) is 2.56. The summed E-state index contributed by atoms with van der Waals surface area (Å²) in [5, 5.41) is 16.1. The highest BCUT2D eigenvalue weighted by Crippen LogP contribution is 2.39. The monoisotopic (exact) mass is 367 g/mol. The van der Waals surface area contributed by atoms with Crippen molar-refractivity contribution in [1.29, 1.82) is 0 Å². The quantitative estimate of drug-likeness (QED) is 0.564. The van der Waals surface area contributed by atoms with Crippen LogP contribution in [0.1, 0.15) is 0 Å². The van der Waals surface area contributed by atoms with E-state index in [-0.39, 0.29) is 34.8 Å². The molecule has 0 aliphatic heterocycles. The summed E-state index contributed by atoms with van der Waals surface area (Å²) < 4.78 is 10.3. The Morgan fingerprint density at radius 3 is 2.84 bits per heavy atom. The fourth-order valence-electron chi connectivity index (χ4n) is 1.87. The second-order valence-electron chi connectivity index (χ2n) is 4.60. The van der Waals surface area contributed by atoms with E-state index < -0.39 is 10.7 Å². The van der Waals surface area contributed by atoms with E-state index in [0.717, 1.165) is 6.20 Å². The molecule has 0 radical (unpaired) electrons. The summed E-state index contributed by atoms with van der Waals surface area (Å²) >= 11 is 6.14. The van der Waals surface area contributed by atoms with Gasteiger partial charge in [-0.05, 0) is 16.0 Å². The molecule has 2 aromatic rings. The van der Waals surface area contributed by atoms with Crippen molar-refractivity contribution in [2.24, 2.45) is 0 Å². The van der Waals surface area contributed by atoms with Gasteiger partial charge in [0.1, 0.15) is 23.2 Å². The van der Waals surface area contributed by atoms with Gasteiger partial charge >= 0.3 is 5.82 Å². The zero-order valence-corrected chi connectivity index (χ0v) is 14.0. The Morgan fingerprint density at radius 1 is 1.44 bits per heavy atom. The van der Waals surface area contributed by atoms with Gasteiger partial charge in [-0.3, -0.25) is 4.79 Å². The van der Waals surface area contributed by atoms with Gasteiger partial charge in [-0.2, -0.15) is 0 Å². The molecule has 0 aliphatic rings. The number of anilines is 2. The Hall–Kier alpha value is -2.98. The Kier molecular flexibility index (Phi) is 6.03. The Morgan fingerprint density at radius 2 is 2.20 bits per heavy atom. The standard InChI is InChI=1S/C14H14ClN5O5/c1-16-13-12(15)9(6-18-14(13)20(22)23)25-8-3-4-17-10(5-8)19-11(21)7-24-2/h3-6,16H,7H2,1-2H3,(H,17,19,21). The Balaban J connectivity index is 2.25. The molecule has 0 atom stereocenters. The van der Waals surface area contributed by atoms with Gasteiger partial charge < -0.3 is 30.2 Å². The highest BCUT2D eigenvalue weighted by molar-refractivity contribution is 6.35. The maximum absolute atomic E-state index is 11.5. The maximum atomic E-state index is 11.5. The number of methoxy groups -OCH3 is 1. The van der Waals surface area contributed by atoms with Gasteiger partial charge in [0.05, 0.1) is 0 Å². The second-order valence-corrected chi connectivity index (χ2v) is 4.98. The van der Waals surface area contributed by atoms with E-state index in [4.69, 9.17) is 21.1 Å². The minimum absolute atomic E-state index is 0.00554. The molecule has 0 aromatic carbocycles. The molecule has 2 aromatic heterocycles. The average molecular weight is 368 g/mol. The molecule has 0 saturated heterocycles. The fourth-order valence-corrected chi connectivity index (χ4v) is 2.14. The lowest BCUT2D eigenvalue weighted by Crippen LogP contribution is -2.17. The highest BCUT2D eigenvalue weighted by Gasteiger charge is 2.22. The van der Waals surface area contributed by atoms with Crippen LogP contribution in [0.25, 0.3) is 0 Å². The number of ether oxygens (including phenoxy) is 2. The molecule has 10 nitrogen and oxygen atoms in total. The van der Waals surface area contributed by atoms with Crippen LogP contribution in [0.5, 0.6) is 11.5 Å². The van der Waals surface area contributed by atoms with Crippen molar-refractivity contribution in [2.75, 3.05) is 31.4 Å². The molecule has 0 spiro atoms. The van der Waals surface area contributed by atoms with Crippen molar-refractivity contribution >= 4 is 34.8 Å². The Labute approximate surface area is 147 Å². The number of halogens is 1. The lowest BCUT2D eigenvalue weighted by atomic mass is 10.3. The number of hydrogen-bond acceptors (Lipinski definition) is 8. The first-order valence-corrected chi connectivity index (χ1v) is 7.27. The van der Waals surface area contributed by atoms with Gasteiger partial charge in [-0.15, -0.1) is 0 Å². The minimum atomic E-state index is -0.655. The lowest BCUT2D eigenvalue weighted by Gasteiger charge is -2.10. The number of pyridine rings is 2.